The number of rotatable bonds is 9. The van der Waals surface area contributed by atoms with Gasteiger partial charge in [0.2, 0.25) is 0 Å². The molecule has 0 saturated carbocycles. The molecule has 32 heavy (non-hydrogen) atoms. The number of carbonyl (C=O) groups excluding carboxylic acids is 1. The van der Waals surface area contributed by atoms with Crippen molar-refractivity contribution < 1.29 is 14.6 Å². The summed E-state index contributed by atoms with van der Waals surface area (Å²) in [5.74, 6) is -0.612. The van der Waals surface area contributed by atoms with Crippen LogP contribution >= 0.6 is 22.9 Å². The third-order valence-corrected chi connectivity index (χ3v) is 6.29. The van der Waals surface area contributed by atoms with E-state index in [9.17, 15) is 25.0 Å². The van der Waals surface area contributed by atoms with Gasteiger partial charge < -0.3 is 4.90 Å². The van der Waals surface area contributed by atoms with Crippen LogP contribution in [0.25, 0.3) is 10.2 Å². The number of para-hydroxylation sites is 1. The summed E-state index contributed by atoms with van der Waals surface area (Å²) >= 11 is 7.49. The first-order valence-corrected chi connectivity index (χ1v) is 11.0. The molecule has 1 amide bonds. The standard InChI is InChI=1S/C20H20ClN5O5S/c1-3-23(4-2)8-9-24(20-22-18-16(21)6-5-7-17(18)32-20)19(27)13-10-14(25(28)29)12-15(11-13)26(30)31/h5-7,10-12H,3-4,8-9H2,1-2H3. The van der Waals surface area contributed by atoms with Crippen LogP contribution in [0.1, 0.15) is 24.2 Å². The molecule has 168 valence electrons. The fourth-order valence-corrected chi connectivity index (χ4v) is 4.46. The molecule has 0 unspecified atom stereocenters. The number of thiazole rings is 1. The van der Waals surface area contributed by atoms with Crippen LogP contribution in [0, 0.1) is 20.2 Å². The lowest BCUT2D eigenvalue weighted by molar-refractivity contribution is -0.394. The van der Waals surface area contributed by atoms with Crippen molar-refractivity contribution in [3.63, 3.8) is 0 Å². The third-order valence-electron chi connectivity index (χ3n) is 4.94. The quantitative estimate of drug-likeness (QED) is 0.321. The van der Waals surface area contributed by atoms with Crippen molar-refractivity contribution in [2.45, 2.75) is 13.8 Å². The molecule has 0 fully saturated rings. The minimum absolute atomic E-state index is 0.157. The molecule has 0 spiro atoms. The lowest BCUT2D eigenvalue weighted by Gasteiger charge is -2.24. The van der Waals surface area contributed by atoms with Crippen LogP contribution in [0.15, 0.2) is 36.4 Å². The number of nitro groups is 2. The number of aromatic nitrogens is 1. The highest BCUT2D eigenvalue weighted by atomic mass is 35.5. The number of nitrogens with zero attached hydrogens (tertiary/aromatic N) is 5. The van der Waals surface area contributed by atoms with E-state index in [1.165, 1.54) is 16.2 Å². The van der Waals surface area contributed by atoms with E-state index in [0.717, 1.165) is 36.0 Å². The van der Waals surface area contributed by atoms with E-state index in [1.54, 1.807) is 12.1 Å². The van der Waals surface area contributed by atoms with Gasteiger partial charge in [-0.3, -0.25) is 29.9 Å². The van der Waals surface area contributed by atoms with Gasteiger partial charge in [0.05, 0.1) is 31.2 Å². The minimum atomic E-state index is -0.762. The Hall–Kier alpha value is -3.15. The largest absolute Gasteiger partial charge is 0.302 e. The Kier molecular flexibility index (Phi) is 7.33. The van der Waals surface area contributed by atoms with Crippen LogP contribution in [-0.4, -0.2) is 51.8 Å². The number of amides is 1. The van der Waals surface area contributed by atoms with Crippen LogP contribution in [0.3, 0.4) is 0 Å². The SMILES string of the molecule is CCN(CC)CCN(C(=O)c1cc([N+](=O)[O-])cc([N+](=O)[O-])c1)c1nc2c(Cl)cccc2s1. The molecule has 0 radical (unpaired) electrons. The van der Waals surface area contributed by atoms with Gasteiger partial charge in [0.15, 0.2) is 5.13 Å². The number of anilines is 1. The van der Waals surface area contributed by atoms with Gasteiger partial charge in [-0.1, -0.05) is 42.9 Å². The average molecular weight is 478 g/mol. The number of nitro benzene ring substituents is 2. The molecule has 2 aromatic carbocycles. The maximum absolute atomic E-state index is 13.4. The summed E-state index contributed by atoms with van der Waals surface area (Å²) in [6.45, 7) is 6.31. The summed E-state index contributed by atoms with van der Waals surface area (Å²) < 4.78 is 0.776. The fourth-order valence-electron chi connectivity index (χ4n) is 3.17. The van der Waals surface area contributed by atoms with Gasteiger partial charge >= 0.3 is 0 Å². The van der Waals surface area contributed by atoms with Crippen LogP contribution in [0.5, 0.6) is 0 Å². The number of likely N-dealkylation sites (N-methyl/N-ethyl adjacent to an activating group) is 1. The zero-order valence-electron chi connectivity index (χ0n) is 17.4. The van der Waals surface area contributed by atoms with E-state index in [4.69, 9.17) is 11.6 Å². The summed E-state index contributed by atoms with van der Waals surface area (Å²) in [7, 11) is 0. The van der Waals surface area contributed by atoms with Gasteiger partial charge in [0.1, 0.15) is 5.52 Å². The first-order chi connectivity index (χ1) is 15.2. The topological polar surface area (TPSA) is 123 Å². The summed E-state index contributed by atoms with van der Waals surface area (Å²) in [6, 6.07) is 8.21. The van der Waals surface area contributed by atoms with Crippen molar-refractivity contribution in [3.05, 3.63) is 67.2 Å². The predicted octanol–water partition coefficient (Wildman–Crippen LogP) is 4.75. The van der Waals surface area contributed by atoms with Crippen molar-refractivity contribution >= 4 is 55.6 Å². The van der Waals surface area contributed by atoms with Crippen molar-refractivity contribution in [2.24, 2.45) is 0 Å². The molecule has 1 heterocycles. The minimum Gasteiger partial charge on any atom is -0.302 e. The number of halogens is 1. The summed E-state index contributed by atoms with van der Waals surface area (Å²) in [4.78, 5) is 42.5. The molecule has 10 nitrogen and oxygen atoms in total. The first kappa shape index (κ1) is 23.5. The van der Waals surface area contributed by atoms with Crippen LogP contribution in [-0.2, 0) is 0 Å². The fraction of sp³-hybridized carbons (Fsp3) is 0.300. The summed E-state index contributed by atoms with van der Waals surface area (Å²) in [6.07, 6.45) is 0. The van der Waals surface area contributed by atoms with Gasteiger partial charge in [0.25, 0.3) is 17.3 Å². The zero-order chi connectivity index (χ0) is 23.4. The molecule has 3 aromatic rings. The Morgan fingerprint density at radius 1 is 1.06 bits per heavy atom. The van der Waals surface area contributed by atoms with E-state index < -0.39 is 27.1 Å². The number of hydrogen-bond donors (Lipinski definition) is 0. The number of fused-ring (bicyclic) bond motifs is 1. The van der Waals surface area contributed by atoms with Crippen molar-refractivity contribution in [1.29, 1.82) is 0 Å². The van der Waals surface area contributed by atoms with Gasteiger partial charge in [0, 0.05) is 25.2 Å². The van der Waals surface area contributed by atoms with Crippen molar-refractivity contribution in [3.8, 4) is 0 Å². The van der Waals surface area contributed by atoms with Crippen molar-refractivity contribution in [2.75, 3.05) is 31.1 Å². The number of benzene rings is 2. The Labute approximate surface area is 192 Å². The van der Waals surface area contributed by atoms with Gasteiger partial charge in [-0.15, -0.1) is 0 Å². The Morgan fingerprint density at radius 2 is 1.69 bits per heavy atom. The van der Waals surface area contributed by atoms with Gasteiger partial charge in [-0.2, -0.15) is 0 Å². The number of non-ortho nitro benzene ring substituents is 2. The molecule has 0 atom stereocenters. The lowest BCUT2D eigenvalue weighted by atomic mass is 10.1. The Bertz CT molecular complexity index is 1150. The monoisotopic (exact) mass is 477 g/mol. The van der Waals surface area contributed by atoms with E-state index in [1.807, 2.05) is 19.9 Å². The molecular weight excluding hydrogens is 458 g/mol. The molecule has 0 aliphatic carbocycles. The highest BCUT2D eigenvalue weighted by Crippen LogP contribution is 2.34. The van der Waals surface area contributed by atoms with Crippen LogP contribution in [0.2, 0.25) is 5.02 Å². The average Bonchev–Trinajstić information content (AvgIpc) is 3.21. The number of hydrogen-bond acceptors (Lipinski definition) is 8. The smallest absolute Gasteiger partial charge is 0.277 e. The molecule has 0 bridgehead atoms. The summed E-state index contributed by atoms with van der Waals surface area (Å²) in [5.41, 5.74) is -0.673. The molecule has 0 aliphatic rings. The molecule has 1 aromatic heterocycles. The van der Waals surface area contributed by atoms with E-state index in [-0.39, 0.29) is 12.1 Å². The van der Waals surface area contributed by atoms with E-state index in [0.29, 0.717) is 22.2 Å². The molecular formula is C20H20ClN5O5S. The molecule has 3 rings (SSSR count). The highest BCUT2D eigenvalue weighted by molar-refractivity contribution is 7.22. The second kappa shape index (κ2) is 9.98. The summed E-state index contributed by atoms with van der Waals surface area (Å²) in [5, 5.41) is 23.3. The maximum atomic E-state index is 13.4. The second-order valence-electron chi connectivity index (χ2n) is 6.82. The molecule has 12 heteroatoms. The van der Waals surface area contributed by atoms with Gasteiger partial charge in [-0.25, -0.2) is 4.98 Å². The van der Waals surface area contributed by atoms with Crippen LogP contribution in [0.4, 0.5) is 16.5 Å². The van der Waals surface area contributed by atoms with Gasteiger partial charge in [-0.05, 0) is 25.2 Å². The maximum Gasteiger partial charge on any atom is 0.277 e. The Balaban J connectivity index is 2.07. The van der Waals surface area contributed by atoms with E-state index >= 15 is 0 Å². The molecule has 0 saturated heterocycles. The van der Waals surface area contributed by atoms with Crippen molar-refractivity contribution in [1.82, 2.24) is 9.88 Å². The number of carbonyl (C=O) groups is 1. The van der Waals surface area contributed by atoms with E-state index in [2.05, 4.69) is 9.88 Å². The normalized spacial score (nSPS) is 11.1. The lowest BCUT2D eigenvalue weighted by Crippen LogP contribution is -2.38. The second-order valence-corrected chi connectivity index (χ2v) is 8.24. The highest BCUT2D eigenvalue weighted by Gasteiger charge is 2.26. The Morgan fingerprint density at radius 3 is 2.22 bits per heavy atom. The van der Waals surface area contributed by atoms with Crippen LogP contribution < -0.4 is 4.90 Å². The zero-order valence-corrected chi connectivity index (χ0v) is 18.9. The first-order valence-electron chi connectivity index (χ1n) is 9.78. The third kappa shape index (κ3) is 5.01. The molecule has 0 N–H and O–H groups in total. The molecule has 0 aliphatic heterocycles. The predicted molar refractivity (Wildman–Crippen MR) is 124 cm³/mol.